The van der Waals surface area contributed by atoms with Gasteiger partial charge in [0.2, 0.25) is 0 Å². The lowest BCUT2D eigenvalue weighted by molar-refractivity contribution is 0.122. The van der Waals surface area contributed by atoms with Crippen LogP contribution < -0.4 is 5.56 Å². The lowest BCUT2D eigenvalue weighted by atomic mass is 10.0. The van der Waals surface area contributed by atoms with E-state index in [4.69, 9.17) is 4.84 Å². The summed E-state index contributed by atoms with van der Waals surface area (Å²) in [6.07, 6.45) is 1.47. The van der Waals surface area contributed by atoms with E-state index in [-0.39, 0.29) is 23.7 Å². The van der Waals surface area contributed by atoms with E-state index in [9.17, 15) is 9.90 Å². The summed E-state index contributed by atoms with van der Waals surface area (Å²) in [5, 5.41) is 21.3. The summed E-state index contributed by atoms with van der Waals surface area (Å²) in [5.41, 5.74) is 2.34. The van der Waals surface area contributed by atoms with Crippen molar-refractivity contribution in [3.05, 3.63) is 118 Å². The van der Waals surface area contributed by atoms with Gasteiger partial charge in [-0.2, -0.15) is 9.78 Å². The third kappa shape index (κ3) is 4.52. The Morgan fingerprint density at radius 2 is 1.66 bits per heavy atom. The second kappa shape index (κ2) is 9.61. The van der Waals surface area contributed by atoms with Crippen LogP contribution in [0.25, 0.3) is 21.7 Å². The molecule has 0 fully saturated rings. The normalized spacial score (nSPS) is 12.0. The average Bonchev–Trinajstić information content (AvgIpc) is 2.90. The molecule has 0 aliphatic heterocycles. The molecular formula is C28H22N4O3. The molecule has 0 bridgehead atoms. The highest BCUT2D eigenvalue weighted by molar-refractivity contribution is 6.02. The first-order valence-corrected chi connectivity index (χ1v) is 11.1. The van der Waals surface area contributed by atoms with E-state index >= 15 is 0 Å². The second-order valence-corrected chi connectivity index (χ2v) is 7.94. The molecule has 1 heterocycles. The molecule has 0 unspecified atom stereocenters. The van der Waals surface area contributed by atoms with E-state index < -0.39 is 0 Å². The van der Waals surface area contributed by atoms with Gasteiger partial charge in [-0.05, 0) is 41.5 Å². The van der Waals surface area contributed by atoms with Crippen LogP contribution in [0.5, 0.6) is 5.75 Å². The van der Waals surface area contributed by atoms with Crippen LogP contribution in [0.15, 0.2) is 106 Å². The Kier molecular flexibility index (Phi) is 6.05. The molecular weight excluding hydrogens is 440 g/mol. The number of oxime groups is 1. The Morgan fingerprint density at radius 3 is 2.49 bits per heavy atom. The Bertz CT molecular complexity index is 1640. The van der Waals surface area contributed by atoms with Crippen molar-refractivity contribution in [2.24, 2.45) is 10.3 Å². The number of benzene rings is 4. The number of para-hydroxylation sites is 1. The second-order valence-electron chi connectivity index (χ2n) is 7.94. The van der Waals surface area contributed by atoms with Crippen LogP contribution in [0.1, 0.15) is 23.9 Å². The molecule has 0 spiro atoms. The third-order valence-electron chi connectivity index (χ3n) is 5.66. The van der Waals surface area contributed by atoms with Gasteiger partial charge < -0.3 is 9.94 Å². The monoisotopic (exact) mass is 462 g/mol. The minimum Gasteiger partial charge on any atom is -0.507 e. The van der Waals surface area contributed by atoms with E-state index in [0.29, 0.717) is 22.2 Å². The topological polar surface area (TPSA) is 89.1 Å². The van der Waals surface area contributed by atoms with E-state index in [1.165, 1.54) is 10.9 Å². The molecule has 7 heteroatoms. The van der Waals surface area contributed by atoms with Crippen molar-refractivity contribution in [1.82, 2.24) is 9.66 Å². The maximum atomic E-state index is 13.3. The van der Waals surface area contributed by atoms with Gasteiger partial charge in [-0.3, -0.25) is 4.79 Å². The fourth-order valence-corrected chi connectivity index (χ4v) is 3.84. The molecule has 5 rings (SSSR count). The van der Waals surface area contributed by atoms with Gasteiger partial charge in [0.15, 0.2) is 12.4 Å². The summed E-state index contributed by atoms with van der Waals surface area (Å²) >= 11 is 0. The molecule has 1 N–H and O–H groups in total. The molecule has 0 atom stereocenters. The first-order valence-electron chi connectivity index (χ1n) is 11.1. The number of fused-ring (bicyclic) bond motifs is 2. The van der Waals surface area contributed by atoms with Crippen LogP contribution in [0.2, 0.25) is 0 Å². The van der Waals surface area contributed by atoms with Gasteiger partial charge in [-0.25, -0.2) is 4.98 Å². The maximum Gasteiger partial charge on any atom is 0.282 e. The molecule has 0 amide bonds. The number of nitrogens with zero attached hydrogens (tertiary/aromatic N) is 4. The maximum absolute atomic E-state index is 13.3. The van der Waals surface area contributed by atoms with Crippen LogP contribution in [0.3, 0.4) is 0 Å². The number of rotatable bonds is 6. The highest BCUT2D eigenvalue weighted by Crippen LogP contribution is 2.25. The van der Waals surface area contributed by atoms with Gasteiger partial charge in [-0.15, -0.1) is 0 Å². The quantitative estimate of drug-likeness (QED) is 0.282. The lowest BCUT2D eigenvalue weighted by Crippen LogP contribution is -2.22. The first kappa shape index (κ1) is 22.0. The van der Waals surface area contributed by atoms with Gasteiger partial charge in [-0.1, -0.05) is 78.0 Å². The Morgan fingerprint density at radius 1 is 0.943 bits per heavy atom. The van der Waals surface area contributed by atoms with Crippen molar-refractivity contribution in [1.29, 1.82) is 0 Å². The zero-order valence-electron chi connectivity index (χ0n) is 19.0. The van der Waals surface area contributed by atoms with E-state index in [0.717, 1.165) is 16.3 Å². The Balaban J connectivity index is 1.55. The largest absolute Gasteiger partial charge is 0.507 e. The molecule has 172 valence electrons. The molecule has 0 saturated carbocycles. The number of hydrogen-bond donors (Lipinski definition) is 1. The number of phenolic OH excluding ortho intramolecular Hbond substituents is 1. The summed E-state index contributed by atoms with van der Waals surface area (Å²) in [6, 6.07) is 27.8. The van der Waals surface area contributed by atoms with Gasteiger partial charge in [0, 0.05) is 5.56 Å². The molecule has 0 radical (unpaired) electrons. The van der Waals surface area contributed by atoms with Crippen LogP contribution in [-0.2, 0) is 11.4 Å². The molecule has 7 nitrogen and oxygen atoms in total. The zero-order valence-corrected chi connectivity index (χ0v) is 19.0. The van der Waals surface area contributed by atoms with Gasteiger partial charge in [0.05, 0.1) is 22.8 Å². The first-order chi connectivity index (χ1) is 17.1. The third-order valence-corrected chi connectivity index (χ3v) is 5.66. The lowest BCUT2D eigenvalue weighted by Gasteiger charge is -2.09. The Labute approximate surface area is 201 Å². The summed E-state index contributed by atoms with van der Waals surface area (Å²) in [6.45, 7) is 1.78. The highest BCUT2D eigenvalue weighted by Gasteiger charge is 2.12. The predicted molar refractivity (Wildman–Crippen MR) is 138 cm³/mol. The van der Waals surface area contributed by atoms with Gasteiger partial charge in [0.1, 0.15) is 5.75 Å². The Hall–Kier alpha value is -4.78. The van der Waals surface area contributed by atoms with Crippen LogP contribution >= 0.6 is 0 Å². The van der Waals surface area contributed by atoms with Crippen LogP contribution in [-0.4, -0.2) is 26.7 Å². The fraction of sp³-hybridized carbons (Fsp3) is 0.0714. The number of aromatic hydroxyl groups is 1. The van der Waals surface area contributed by atoms with E-state index in [1.807, 2.05) is 73.7 Å². The van der Waals surface area contributed by atoms with Crippen molar-refractivity contribution in [2.75, 3.05) is 0 Å². The number of aromatic nitrogens is 2. The molecule has 1 aromatic heterocycles. The van der Waals surface area contributed by atoms with Crippen molar-refractivity contribution < 1.29 is 9.94 Å². The standard InChI is InChI=1S/C28H22N4O3/c1-19(20-9-3-2-4-10-20)31-35-18-27-30-25-14-8-7-13-23(25)28(34)32(27)29-17-24-22-12-6-5-11-21(22)15-16-26(24)33/h2-17,33H,18H2,1H3/b29-17+,31-19?. The molecule has 5 aromatic rings. The summed E-state index contributed by atoms with van der Waals surface area (Å²) in [4.78, 5) is 23.5. The fourth-order valence-electron chi connectivity index (χ4n) is 3.84. The SMILES string of the molecule is CC(=NOCc1nc2ccccc2c(=O)n1/N=C/c1c(O)ccc2ccccc12)c1ccccc1. The minimum absolute atomic E-state index is 0.0649. The molecule has 0 aliphatic carbocycles. The van der Waals surface area contributed by atoms with Crippen LogP contribution in [0, 0.1) is 0 Å². The van der Waals surface area contributed by atoms with Crippen molar-refractivity contribution in [2.45, 2.75) is 13.5 Å². The molecule has 0 saturated heterocycles. The summed E-state index contributed by atoms with van der Waals surface area (Å²) < 4.78 is 1.19. The van der Waals surface area contributed by atoms with E-state index in [2.05, 4.69) is 15.2 Å². The predicted octanol–water partition coefficient (Wildman–Crippen LogP) is 5.08. The van der Waals surface area contributed by atoms with Crippen molar-refractivity contribution in [3.8, 4) is 5.75 Å². The average molecular weight is 463 g/mol. The summed E-state index contributed by atoms with van der Waals surface area (Å²) in [5.74, 6) is 0.351. The smallest absolute Gasteiger partial charge is 0.282 e. The van der Waals surface area contributed by atoms with Gasteiger partial charge >= 0.3 is 0 Å². The number of phenols is 1. The zero-order chi connectivity index (χ0) is 24.2. The number of hydrogen-bond acceptors (Lipinski definition) is 6. The van der Waals surface area contributed by atoms with E-state index in [1.54, 1.807) is 24.3 Å². The van der Waals surface area contributed by atoms with Crippen molar-refractivity contribution in [3.63, 3.8) is 0 Å². The minimum atomic E-state index is -0.339. The summed E-state index contributed by atoms with van der Waals surface area (Å²) in [7, 11) is 0. The highest BCUT2D eigenvalue weighted by atomic mass is 16.6. The van der Waals surface area contributed by atoms with Crippen LogP contribution in [0.4, 0.5) is 0 Å². The van der Waals surface area contributed by atoms with Gasteiger partial charge in [0.25, 0.3) is 5.56 Å². The molecule has 0 aliphatic rings. The molecule has 4 aromatic carbocycles. The van der Waals surface area contributed by atoms with Crippen molar-refractivity contribution >= 4 is 33.6 Å². The molecule has 35 heavy (non-hydrogen) atoms.